The maximum absolute atomic E-state index is 13.0. The third kappa shape index (κ3) is 3.38. The van der Waals surface area contributed by atoms with Crippen LogP contribution in [0.1, 0.15) is 56.4 Å². The van der Waals surface area contributed by atoms with Crippen molar-refractivity contribution < 1.29 is 19.1 Å². The molecule has 23 heavy (non-hydrogen) atoms. The normalized spacial score (nSPS) is 26.1. The minimum absolute atomic E-state index is 0.0761. The van der Waals surface area contributed by atoms with Gasteiger partial charge in [0.05, 0.1) is 0 Å². The van der Waals surface area contributed by atoms with Crippen molar-refractivity contribution in [2.75, 3.05) is 0 Å². The molecule has 1 amide bonds. The van der Waals surface area contributed by atoms with Crippen molar-refractivity contribution in [1.82, 2.24) is 5.32 Å². The Hall–Kier alpha value is -1.91. The van der Waals surface area contributed by atoms with E-state index in [9.17, 15) is 19.1 Å². The highest BCUT2D eigenvalue weighted by Gasteiger charge is 2.48. The zero-order valence-corrected chi connectivity index (χ0v) is 13.1. The van der Waals surface area contributed by atoms with Crippen molar-refractivity contribution in [1.29, 1.82) is 0 Å². The van der Waals surface area contributed by atoms with Gasteiger partial charge in [0, 0.05) is 5.92 Å². The van der Waals surface area contributed by atoms with E-state index in [4.69, 9.17) is 0 Å². The van der Waals surface area contributed by atoms with E-state index in [1.807, 2.05) is 0 Å². The van der Waals surface area contributed by atoms with Gasteiger partial charge in [0.2, 0.25) is 5.91 Å². The summed E-state index contributed by atoms with van der Waals surface area (Å²) < 4.78 is 13.0. The summed E-state index contributed by atoms with van der Waals surface area (Å²) in [6.07, 6.45) is 5.41. The van der Waals surface area contributed by atoms with Crippen LogP contribution in [-0.2, 0) is 9.59 Å². The highest BCUT2D eigenvalue weighted by atomic mass is 19.1. The smallest absolute Gasteiger partial charge is 0.329 e. The van der Waals surface area contributed by atoms with E-state index in [-0.39, 0.29) is 23.6 Å². The summed E-state index contributed by atoms with van der Waals surface area (Å²) in [5.74, 6) is -1.51. The van der Waals surface area contributed by atoms with Crippen LogP contribution in [0.3, 0.4) is 0 Å². The summed E-state index contributed by atoms with van der Waals surface area (Å²) in [6, 6.07) is 6.19. The lowest BCUT2D eigenvalue weighted by Gasteiger charge is -2.29. The molecule has 2 N–H and O–H groups in total. The molecule has 0 bridgehead atoms. The monoisotopic (exact) mass is 319 g/mol. The number of carbonyl (C=O) groups excluding carboxylic acids is 1. The van der Waals surface area contributed by atoms with Gasteiger partial charge in [-0.15, -0.1) is 0 Å². The number of rotatable bonds is 4. The summed E-state index contributed by atoms with van der Waals surface area (Å²) in [7, 11) is 0. The first-order chi connectivity index (χ1) is 11.0. The Kier molecular flexibility index (Phi) is 4.37. The summed E-state index contributed by atoms with van der Waals surface area (Å²) in [5.41, 5.74) is -0.166. The first-order valence-corrected chi connectivity index (χ1v) is 8.33. The summed E-state index contributed by atoms with van der Waals surface area (Å²) >= 11 is 0. The van der Waals surface area contributed by atoms with Gasteiger partial charge in [0.15, 0.2) is 0 Å². The molecule has 0 saturated heterocycles. The summed E-state index contributed by atoms with van der Waals surface area (Å²) in [6.45, 7) is 0. The second kappa shape index (κ2) is 6.30. The Labute approximate surface area is 135 Å². The van der Waals surface area contributed by atoms with Crippen LogP contribution in [0, 0.1) is 11.7 Å². The molecule has 2 fully saturated rings. The fourth-order valence-electron chi connectivity index (χ4n) is 3.62. The van der Waals surface area contributed by atoms with Crippen molar-refractivity contribution in [3.8, 4) is 0 Å². The Bertz CT molecular complexity index is 591. The Morgan fingerprint density at radius 2 is 1.70 bits per heavy atom. The van der Waals surface area contributed by atoms with Gasteiger partial charge in [-0.1, -0.05) is 37.8 Å². The van der Waals surface area contributed by atoms with Gasteiger partial charge in [-0.25, -0.2) is 9.18 Å². The average Bonchev–Trinajstić information content (AvgIpc) is 3.32. The number of carboxylic acid groups (broad SMARTS) is 1. The molecule has 1 aromatic carbocycles. The predicted molar refractivity (Wildman–Crippen MR) is 83.5 cm³/mol. The minimum Gasteiger partial charge on any atom is -0.480 e. The maximum Gasteiger partial charge on any atom is 0.329 e. The topological polar surface area (TPSA) is 66.4 Å². The largest absolute Gasteiger partial charge is 0.480 e. The molecular formula is C18H22FNO3. The van der Waals surface area contributed by atoms with Gasteiger partial charge in [0.1, 0.15) is 11.4 Å². The van der Waals surface area contributed by atoms with Crippen LogP contribution >= 0.6 is 0 Å². The lowest BCUT2D eigenvalue weighted by molar-refractivity contribution is -0.148. The number of carbonyl (C=O) groups is 2. The first kappa shape index (κ1) is 16.0. The van der Waals surface area contributed by atoms with E-state index in [0.29, 0.717) is 19.3 Å². The number of benzene rings is 1. The number of aliphatic carboxylic acids is 1. The fraction of sp³-hybridized carbons (Fsp3) is 0.556. The highest BCUT2D eigenvalue weighted by Crippen LogP contribution is 2.48. The van der Waals surface area contributed by atoms with Crippen molar-refractivity contribution >= 4 is 11.9 Å². The molecule has 124 valence electrons. The van der Waals surface area contributed by atoms with Crippen LogP contribution in [0.4, 0.5) is 4.39 Å². The molecule has 0 radical (unpaired) electrons. The molecule has 2 aliphatic carbocycles. The fourth-order valence-corrected chi connectivity index (χ4v) is 3.62. The summed E-state index contributed by atoms with van der Waals surface area (Å²) in [4.78, 5) is 24.2. The van der Waals surface area contributed by atoms with E-state index in [1.54, 1.807) is 12.1 Å². The standard InChI is InChI=1S/C18H22FNO3/c19-13-7-5-12(6-8-13)14-11-15(14)16(21)20-18(17(22)23)9-3-1-2-4-10-18/h5-8,14-15H,1-4,9-11H2,(H,20,21)(H,22,23). The number of hydrogen-bond acceptors (Lipinski definition) is 2. The molecule has 3 rings (SSSR count). The molecule has 0 aromatic heterocycles. The average molecular weight is 319 g/mol. The first-order valence-electron chi connectivity index (χ1n) is 8.33. The number of nitrogens with one attached hydrogen (secondary N) is 1. The molecule has 2 saturated carbocycles. The minimum atomic E-state index is -1.11. The Morgan fingerprint density at radius 3 is 2.26 bits per heavy atom. The van der Waals surface area contributed by atoms with Crippen LogP contribution < -0.4 is 5.32 Å². The van der Waals surface area contributed by atoms with Crippen LogP contribution in [0.5, 0.6) is 0 Å². The van der Waals surface area contributed by atoms with E-state index in [2.05, 4.69) is 5.32 Å². The molecule has 2 unspecified atom stereocenters. The highest BCUT2D eigenvalue weighted by molar-refractivity contribution is 5.90. The predicted octanol–water partition coefficient (Wildman–Crippen LogP) is 3.22. The van der Waals surface area contributed by atoms with Crippen molar-refractivity contribution in [2.24, 2.45) is 5.92 Å². The second-order valence-electron chi connectivity index (χ2n) is 6.79. The second-order valence-corrected chi connectivity index (χ2v) is 6.79. The van der Waals surface area contributed by atoms with Gasteiger partial charge < -0.3 is 10.4 Å². The third-order valence-corrected chi connectivity index (χ3v) is 5.15. The van der Waals surface area contributed by atoms with Gasteiger partial charge in [-0.3, -0.25) is 4.79 Å². The molecule has 5 heteroatoms. The maximum atomic E-state index is 13.0. The van der Waals surface area contributed by atoms with Gasteiger partial charge in [-0.2, -0.15) is 0 Å². The van der Waals surface area contributed by atoms with E-state index >= 15 is 0 Å². The van der Waals surface area contributed by atoms with Gasteiger partial charge in [0.25, 0.3) is 0 Å². The molecule has 0 aliphatic heterocycles. The molecule has 4 nitrogen and oxygen atoms in total. The van der Waals surface area contributed by atoms with E-state index in [1.165, 1.54) is 12.1 Å². The van der Waals surface area contributed by atoms with Crippen LogP contribution in [0.15, 0.2) is 24.3 Å². The zero-order valence-electron chi connectivity index (χ0n) is 13.1. The zero-order chi connectivity index (χ0) is 16.4. The van der Waals surface area contributed by atoms with Crippen molar-refractivity contribution in [3.63, 3.8) is 0 Å². The van der Waals surface area contributed by atoms with E-state index < -0.39 is 11.5 Å². The van der Waals surface area contributed by atoms with Crippen LogP contribution in [-0.4, -0.2) is 22.5 Å². The molecule has 0 spiro atoms. The summed E-state index contributed by atoms with van der Waals surface area (Å²) in [5, 5.41) is 12.5. The van der Waals surface area contributed by atoms with Crippen LogP contribution in [0.2, 0.25) is 0 Å². The SMILES string of the molecule is O=C(NC1(C(=O)O)CCCCCC1)C1CC1c1ccc(F)cc1. The lowest BCUT2D eigenvalue weighted by Crippen LogP contribution is -2.54. The molecule has 0 heterocycles. The van der Waals surface area contributed by atoms with Crippen molar-refractivity contribution in [3.05, 3.63) is 35.6 Å². The van der Waals surface area contributed by atoms with E-state index in [0.717, 1.165) is 31.2 Å². The number of amides is 1. The Morgan fingerprint density at radius 1 is 1.09 bits per heavy atom. The quantitative estimate of drug-likeness (QED) is 0.837. The number of halogens is 1. The van der Waals surface area contributed by atoms with Crippen LogP contribution in [0.25, 0.3) is 0 Å². The third-order valence-electron chi connectivity index (χ3n) is 5.15. The molecular weight excluding hydrogens is 297 g/mol. The van der Waals surface area contributed by atoms with Gasteiger partial charge >= 0.3 is 5.97 Å². The van der Waals surface area contributed by atoms with Gasteiger partial charge in [-0.05, 0) is 42.9 Å². The number of hydrogen-bond donors (Lipinski definition) is 2. The lowest BCUT2D eigenvalue weighted by atomic mass is 9.90. The number of carboxylic acids is 1. The molecule has 2 atom stereocenters. The molecule has 1 aromatic rings. The van der Waals surface area contributed by atoms with Crippen molar-refractivity contribution in [2.45, 2.75) is 56.4 Å². The molecule has 2 aliphatic rings. The Balaban J connectivity index is 1.66.